The lowest BCUT2D eigenvalue weighted by Gasteiger charge is -2.20. The van der Waals surface area contributed by atoms with Crippen molar-refractivity contribution in [2.24, 2.45) is 0 Å². The number of carbonyl (C=O) groups excluding carboxylic acids is 2. The highest BCUT2D eigenvalue weighted by Gasteiger charge is 2.22. The standard InChI is InChI=1S/C20H19B5N4O3/c1-8(11(21)16-18(20(2,3)4)27-6-26-16)29-19(32)10(28-7-30)5-9-12(22)13(23)14(24)15(25)17(9)31/h5-7,31H,1-4H3,(H,26,27)(H,28,30)(H,29,32)/b10-5-,11-8+. The van der Waals surface area contributed by atoms with Gasteiger partial charge in [0, 0.05) is 22.4 Å². The van der Waals surface area contributed by atoms with Gasteiger partial charge in [0.15, 0.2) is 0 Å². The largest absolute Gasteiger partial charge is 0.508 e. The molecule has 0 aliphatic rings. The molecule has 2 amide bonds. The number of hydrogen-bond acceptors (Lipinski definition) is 4. The van der Waals surface area contributed by atoms with Gasteiger partial charge in [0.2, 0.25) is 6.41 Å². The van der Waals surface area contributed by atoms with Crippen molar-refractivity contribution in [2.75, 3.05) is 0 Å². The smallest absolute Gasteiger partial charge is 0.271 e. The molecule has 12 heteroatoms. The van der Waals surface area contributed by atoms with Crippen molar-refractivity contribution in [1.82, 2.24) is 20.6 Å². The van der Waals surface area contributed by atoms with Gasteiger partial charge < -0.3 is 20.7 Å². The summed E-state index contributed by atoms with van der Waals surface area (Å²) in [6.45, 7) is 7.54. The van der Waals surface area contributed by atoms with E-state index in [-0.39, 0.29) is 50.4 Å². The lowest BCUT2D eigenvalue weighted by Crippen LogP contribution is -2.48. The third kappa shape index (κ3) is 5.06. The number of carbonyl (C=O) groups is 2. The summed E-state index contributed by atoms with van der Waals surface area (Å²) in [5, 5.41) is 15.2. The first kappa shape index (κ1) is 25.2. The monoisotopic (exact) mass is 418 g/mol. The number of aromatic amines is 1. The quantitative estimate of drug-likeness (QED) is 0.234. The number of hydrogen-bond donors (Lipinski definition) is 4. The molecule has 152 valence electrons. The first-order valence-electron chi connectivity index (χ1n) is 9.49. The van der Waals surface area contributed by atoms with Crippen LogP contribution in [0.25, 0.3) is 11.5 Å². The molecule has 0 unspecified atom stereocenters. The number of imidazole rings is 1. The molecular formula is C20H19B5N4O3. The molecule has 0 saturated carbocycles. The number of phenols is 1. The van der Waals surface area contributed by atoms with E-state index in [2.05, 4.69) is 20.6 Å². The van der Waals surface area contributed by atoms with Gasteiger partial charge in [0.1, 0.15) is 50.7 Å². The van der Waals surface area contributed by atoms with Crippen molar-refractivity contribution in [2.45, 2.75) is 33.1 Å². The Morgan fingerprint density at radius 3 is 2.28 bits per heavy atom. The van der Waals surface area contributed by atoms with E-state index in [1.807, 2.05) is 20.8 Å². The normalized spacial score (nSPS) is 12.8. The highest BCUT2D eigenvalue weighted by molar-refractivity contribution is 6.63. The van der Waals surface area contributed by atoms with E-state index < -0.39 is 11.7 Å². The number of amides is 2. The van der Waals surface area contributed by atoms with Crippen LogP contribution in [0.4, 0.5) is 0 Å². The van der Waals surface area contributed by atoms with Gasteiger partial charge in [-0.3, -0.25) is 9.59 Å². The summed E-state index contributed by atoms with van der Waals surface area (Å²) < 4.78 is 0. The zero-order chi connectivity index (χ0) is 24.4. The fourth-order valence-electron chi connectivity index (χ4n) is 2.91. The number of phenolic OH excluding ortho intramolecular Hbond substituents is 1. The van der Waals surface area contributed by atoms with E-state index in [9.17, 15) is 14.7 Å². The summed E-state index contributed by atoms with van der Waals surface area (Å²) in [6.07, 6.45) is 2.92. The number of benzene rings is 1. The van der Waals surface area contributed by atoms with Crippen molar-refractivity contribution in [3.8, 4) is 5.75 Å². The summed E-state index contributed by atoms with van der Waals surface area (Å²) in [6, 6.07) is 0. The molecule has 0 fully saturated rings. The molecule has 2 aromatic rings. The predicted octanol–water partition coefficient (Wildman–Crippen LogP) is -2.65. The minimum absolute atomic E-state index is 0.0639. The Labute approximate surface area is 194 Å². The molecular weight excluding hydrogens is 398 g/mol. The molecule has 2 rings (SSSR count). The Kier molecular flexibility index (Phi) is 7.60. The topological polar surface area (TPSA) is 107 Å². The Bertz CT molecular complexity index is 1100. The van der Waals surface area contributed by atoms with E-state index in [0.29, 0.717) is 11.4 Å². The second-order valence-corrected chi connectivity index (χ2v) is 8.11. The highest BCUT2D eigenvalue weighted by Crippen LogP contribution is 2.27. The molecule has 0 spiro atoms. The number of allylic oxidation sites excluding steroid dienone is 1. The van der Waals surface area contributed by atoms with Crippen molar-refractivity contribution in [3.63, 3.8) is 0 Å². The van der Waals surface area contributed by atoms with Crippen LogP contribution in [0.2, 0.25) is 0 Å². The van der Waals surface area contributed by atoms with Crippen LogP contribution in [-0.4, -0.2) is 66.6 Å². The molecule has 1 aromatic carbocycles. The minimum Gasteiger partial charge on any atom is -0.508 e. The average Bonchev–Trinajstić information content (AvgIpc) is 3.23. The van der Waals surface area contributed by atoms with E-state index >= 15 is 0 Å². The number of aromatic hydroxyl groups is 1. The molecule has 10 radical (unpaired) electrons. The van der Waals surface area contributed by atoms with E-state index in [1.165, 1.54) is 6.33 Å². The Morgan fingerprint density at radius 1 is 1.12 bits per heavy atom. The van der Waals surface area contributed by atoms with Gasteiger partial charge in [-0.05, 0) is 13.0 Å². The lowest BCUT2D eigenvalue weighted by atomic mass is 9.65. The van der Waals surface area contributed by atoms with Gasteiger partial charge in [-0.15, -0.1) is 10.9 Å². The third-order valence-corrected chi connectivity index (χ3v) is 4.77. The first-order valence-corrected chi connectivity index (χ1v) is 9.49. The average molecular weight is 417 g/mol. The zero-order valence-corrected chi connectivity index (χ0v) is 18.3. The number of H-pyrrole nitrogens is 1. The molecule has 0 saturated heterocycles. The number of rotatable bonds is 6. The predicted molar refractivity (Wildman–Crippen MR) is 131 cm³/mol. The van der Waals surface area contributed by atoms with Gasteiger partial charge in [0.05, 0.1) is 12.0 Å². The van der Waals surface area contributed by atoms with E-state index in [4.69, 9.17) is 39.2 Å². The summed E-state index contributed by atoms with van der Waals surface area (Å²) in [7, 11) is 29.4. The summed E-state index contributed by atoms with van der Waals surface area (Å²) in [5.74, 6) is -1.22. The lowest BCUT2D eigenvalue weighted by molar-refractivity contribution is -0.118. The maximum atomic E-state index is 12.8. The maximum Gasteiger partial charge on any atom is 0.271 e. The molecule has 0 aliphatic heterocycles. The minimum atomic E-state index is -0.738. The number of aromatic nitrogens is 2. The highest BCUT2D eigenvalue weighted by atomic mass is 16.3. The third-order valence-electron chi connectivity index (χ3n) is 4.77. The van der Waals surface area contributed by atoms with E-state index in [0.717, 1.165) is 11.8 Å². The molecule has 1 heterocycles. The molecule has 0 atom stereocenters. The maximum absolute atomic E-state index is 12.8. The Morgan fingerprint density at radius 2 is 1.72 bits per heavy atom. The second-order valence-electron chi connectivity index (χ2n) is 8.11. The second kappa shape index (κ2) is 9.63. The van der Waals surface area contributed by atoms with Crippen LogP contribution >= 0.6 is 0 Å². The van der Waals surface area contributed by atoms with Crippen LogP contribution in [0.5, 0.6) is 5.75 Å². The van der Waals surface area contributed by atoms with Crippen LogP contribution in [0.15, 0.2) is 17.7 Å². The van der Waals surface area contributed by atoms with Gasteiger partial charge in [-0.2, -0.15) is 0 Å². The zero-order valence-electron chi connectivity index (χ0n) is 18.3. The van der Waals surface area contributed by atoms with Crippen molar-refractivity contribution < 1.29 is 14.7 Å². The van der Waals surface area contributed by atoms with Crippen LogP contribution < -0.4 is 32.5 Å². The van der Waals surface area contributed by atoms with E-state index in [1.54, 1.807) is 6.92 Å². The van der Waals surface area contributed by atoms with Crippen LogP contribution in [0, 0.1) is 0 Å². The number of nitrogens with one attached hydrogen (secondary N) is 3. The Hall–Kier alpha value is -3.03. The van der Waals surface area contributed by atoms with Gasteiger partial charge in [0.25, 0.3) is 5.91 Å². The SMILES string of the molecule is [B]/C(=C(\C)NC(=O)/C(=C/c1c([B])c([B])c([B])c([B])c1O)NC=O)c1nc[nH]c1C(C)(C)C. The summed E-state index contributed by atoms with van der Waals surface area (Å²) >= 11 is 0. The molecule has 32 heavy (non-hydrogen) atoms. The fraction of sp³-hybridized carbons (Fsp3) is 0.250. The van der Waals surface area contributed by atoms with Crippen LogP contribution in [0.3, 0.4) is 0 Å². The van der Waals surface area contributed by atoms with Gasteiger partial charge in [-0.25, -0.2) is 4.98 Å². The molecule has 4 N–H and O–H groups in total. The molecule has 0 bridgehead atoms. The molecule has 7 nitrogen and oxygen atoms in total. The molecule has 0 aliphatic carbocycles. The van der Waals surface area contributed by atoms with Crippen LogP contribution in [-0.2, 0) is 15.0 Å². The van der Waals surface area contributed by atoms with Gasteiger partial charge >= 0.3 is 0 Å². The van der Waals surface area contributed by atoms with Crippen molar-refractivity contribution in [3.05, 3.63) is 34.7 Å². The summed E-state index contributed by atoms with van der Waals surface area (Å²) in [4.78, 5) is 31.2. The first-order chi connectivity index (χ1) is 14.8. The summed E-state index contributed by atoms with van der Waals surface area (Å²) in [5.41, 5.74) is 0.737. The molecule has 1 aromatic heterocycles. The van der Waals surface area contributed by atoms with Crippen molar-refractivity contribution in [1.29, 1.82) is 0 Å². The fourth-order valence-corrected chi connectivity index (χ4v) is 2.91. The van der Waals surface area contributed by atoms with Crippen LogP contribution in [0.1, 0.15) is 44.6 Å². The number of nitrogens with zero attached hydrogens (tertiary/aromatic N) is 1. The van der Waals surface area contributed by atoms with Crippen molar-refractivity contribution >= 4 is 84.9 Å². The van der Waals surface area contributed by atoms with Gasteiger partial charge in [-0.1, -0.05) is 37.2 Å². The Balaban J connectivity index is 2.48.